The fourth-order valence-corrected chi connectivity index (χ4v) is 2.77. The van der Waals surface area contributed by atoms with Crippen molar-refractivity contribution in [3.8, 4) is 11.1 Å². The van der Waals surface area contributed by atoms with Crippen molar-refractivity contribution in [2.24, 2.45) is 0 Å². The van der Waals surface area contributed by atoms with Crippen LogP contribution in [0.3, 0.4) is 0 Å². The summed E-state index contributed by atoms with van der Waals surface area (Å²) in [7, 11) is 0. The van der Waals surface area contributed by atoms with Crippen LogP contribution in [0.5, 0.6) is 0 Å². The third-order valence-electron chi connectivity index (χ3n) is 4.42. The Bertz CT molecular complexity index is 1140. The summed E-state index contributed by atoms with van der Waals surface area (Å²) in [6.45, 7) is -0.953. The van der Waals surface area contributed by atoms with Crippen LogP contribution in [0.2, 0.25) is 0 Å². The summed E-state index contributed by atoms with van der Waals surface area (Å²) in [5, 5.41) is 6.67. The zero-order valence-corrected chi connectivity index (χ0v) is 16.6. The molecule has 9 heteroatoms. The van der Waals surface area contributed by atoms with E-state index in [1.807, 2.05) is 35.6 Å². The van der Waals surface area contributed by atoms with Gasteiger partial charge < -0.3 is 16.0 Å². The van der Waals surface area contributed by atoms with Crippen LogP contribution in [0, 0.1) is 17.5 Å². The quantitative estimate of drug-likeness (QED) is 0.492. The fraction of sp³-hybridized carbons (Fsp3) is 0.0870. The minimum Gasteiger partial charge on any atom is -0.345 e. The first-order chi connectivity index (χ1) is 15.3. The van der Waals surface area contributed by atoms with Gasteiger partial charge in [-0.15, -0.1) is 0 Å². The molecule has 3 aromatic carbocycles. The van der Waals surface area contributed by atoms with Crippen molar-refractivity contribution in [3.05, 3.63) is 89.7 Å². The van der Waals surface area contributed by atoms with Gasteiger partial charge in [-0.25, -0.2) is 13.2 Å². The molecule has 164 valence electrons. The number of rotatable bonds is 7. The molecule has 3 amide bonds. The maximum atomic E-state index is 13.5. The van der Waals surface area contributed by atoms with Crippen molar-refractivity contribution in [1.82, 2.24) is 10.6 Å². The van der Waals surface area contributed by atoms with E-state index in [0.29, 0.717) is 11.6 Å². The van der Waals surface area contributed by atoms with Gasteiger partial charge in [-0.3, -0.25) is 14.4 Å². The summed E-state index contributed by atoms with van der Waals surface area (Å²) < 4.78 is 39.6. The van der Waals surface area contributed by atoms with Gasteiger partial charge in [0.05, 0.1) is 18.8 Å². The zero-order valence-electron chi connectivity index (χ0n) is 16.6. The molecule has 3 rings (SSSR count). The van der Waals surface area contributed by atoms with Crippen LogP contribution < -0.4 is 16.0 Å². The van der Waals surface area contributed by atoms with Gasteiger partial charge in [0, 0.05) is 5.56 Å². The highest BCUT2D eigenvalue weighted by Crippen LogP contribution is 2.20. The van der Waals surface area contributed by atoms with Crippen molar-refractivity contribution < 1.29 is 27.6 Å². The molecule has 0 atom stereocenters. The molecule has 0 aliphatic heterocycles. The van der Waals surface area contributed by atoms with E-state index in [2.05, 4.69) is 10.6 Å². The smallest absolute Gasteiger partial charge is 0.251 e. The van der Waals surface area contributed by atoms with Crippen LogP contribution in [-0.4, -0.2) is 30.8 Å². The summed E-state index contributed by atoms with van der Waals surface area (Å²) >= 11 is 0. The van der Waals surface area contributed by atoms with Gasteiger partial charge in [0.2, 0.25) is 11.8 Å². The summed E-state index contributed by atoms with van der Waals surface area (Å²) in [5.41, 5.74) is 1.73. The van der Waals surface area contributed by atoms with Crippen LogP contribution in [0.15, 0.2) is 66.7 Å². The molecule has 32 heavy (non-hydrogen) atoms. The molecule has 0 bridgehead atoms. The number of hydrogen-bond acceptors (Lipinski definition) is 3. The van der Waals surface area contributed by atoms with Crippen LogP contribution in [0.25, 0.3) is 11.1 Å². The average molecular weight is 441 g/mol. The molecule has 3 aromatic rings. The van der Waals surface area contributed by atoms with Gasteiger partial charge in [-0.2, -0.15) is 0 Å². The molecule has 0 saturated heterocycles. The average Bonchev–Trinajstić information content (AvgIpc) is 2.82. The molecule has 0 aliphatic rings. The Morgan fingerprint density at radius 2 is 1.28 bits per heavy atom. The molecule has 6 nitrogen and oxygen atoms in total. The minimum absolute atomic E-state index is 0.351. The number of nitrogens with one attached hydrogen (secondary N) is 3. The van der Waals surface area contributed by atoms with Crippen LogP contribution in [-0.2, 0) is 9.59 Å². The first kappa shape index (κ1) is 22.5. The lowest BCUT2D eigenvalue weighted by Gasteiger charge is -2.09. The summed E-state index contributed by atoms with van der Waals surface area (Å²) in [4.78, 5) is 35.8. The molecule has 0 fully saturated rings. The Morgan fingerprint density at radius 1 is 0.656 bits per heavy atom. The Labute approximate surface area is 181 Å². The van der Waals surface area contributed by atoms with Crippen molar-refractivity contribution in [3.63, 3.8) is 0 Å². The highest BCUT2D eigenvalue weighted by Gasteiger charge is 2.16. The normalized spacial score (nSPS) is 10.3. The Morgan fingerprint density at radius 3 is 1.97 bits per heavy atom. The molecule has 0 heterocycles. The molecule has 0 aromatic heterocycles. The lowest BCUT2D eigenvalue weighted by molar-refractivity contribution is -0.123. The van der Waals surface area contributed by atoms with Crippen molar-refractivity contribution in [1.29, 1.82) is 0 Å². The second-order valence-corrected chi connectivity index (χ2v) is 6.67. The first-order valence-corrected chi connectivity index (χ1v) is 9.49. The second kappa shape index (κ2) is 10.3. The third-order valence-corrected chi connectivity index (χ3v) is 4.42. The van der Waals surface area contributed by atoms with Gasteiger partial charge in [-0.1, -0.05) is 42.5 Å². The summed E-state index contributed by atoms with van der Waals surface area (Å²) in [6, 6.07) is 17.9. The Balaban J connectivity index is 1.45. The fourth-order valence-electron chi connectivity index (χ4n) is 2.77. The highest BCUT2D eigenvalue weighted by molar-refractivity contribution is 5.98. The van der Waals surface area contributed by atoms with E-state index < -0.39 is 54.0 Å². The minimum atomic E-state index is -1.72. The predicted molar refractivity (Wildman–Crippen MR) is 112 cm³/mol. The largest absolute Gasteiger partial charge is 0.345 e. The van der Waals surface area contributed by atoms with E-state index in [4.69, 9.17) is 0 Å². The summed E-state index contributed by atoms with van der Waals surface area (Å²) in [5.74, 6) is -6.65. The number of benzene rings is 3. The number of halogens is 3. The SMILES string of the molecule is O=C(CNC(=O)c1ccc(-c2ccccc2)cc1)NCC(=O)Nc1ccc(F)c(F)c1F. The van der Waals surface area contributed by atoms with Crippen molar-refractivity contribution >= 4 is 23.4 Å². The molecule has 0 radical (unpaired) electrons. The molecule has 3 N–H and O–H groups in total. The van der Waals surface area contributed by atoms with E-state index in [0.717, 1.165) is 17.2 Å². The predicted octanol–water partition coefficient (Wildman–Crippen LogP) is 3.26. The lowest BCUT2D eigenvalue weighted by Crippen LogP contribution is -2.40. The topological polar surface area (TPSA) is 87.3 Å². The van der Waals surface area contributed by atoms with E-state index in [1.165, 1.54) is 0 Å². The Kier molecular flexibility index (Phi) is 7.22. The van der Waals surface area contributed by atoms with Crippen LogP contribution in [0.1, 0.15) is 10.4 Å². The molecule has 0 saturated carbocycles. The number of carbonyl (C=O) groups is 3. The molecular weight excluding hydrogens is 423 g/mol. The van der Waals surface area contributed by atoms with E-state index in [-0.39, 0.29) is 0 Å². The van der Waals surface area contributed by atoms with Gasteiger partial charge in [0.1, 0.15) is 0 Å². The van der Waals surface area contributed by atoms with Crippen molar-refractivity contribution in [2.45, 2.75) is 0 Å². The standard InChI is InChI=1S/C23H18F3N3O3/c24-17-10-11-18(22(26)21(17)25)29-20(31)13-27-19(30)12-28-23(32)16-8-6-15(7-9-16)14-4-2-1-3-5-14/h1-11H,12-13H2,(H,27,30)(H,28,32)(H,29,31). The van der Waals surface area contributed by atoms with Gasteiger partial charge in [0.25, 0.3) is 5.91 Å². The van der Waals surface area contributed by atoms with Gasteiger partial charge >= 0.3 is 0 Å². The maximum Gasteiger partial charge on any atom is 0.251 e. The number of anilines is 1. The highest BCUT2D eigenvalue weighted by atomic mass is 19.2. The summed E-state index contributed by atoms with van der Waals surface area (Å²) in [6.07, 6.45) is 0. The van der Waals surface area contributed by atoms with Crippen LogP contribution in [0.4, 0.5) is 18.9 Å². The molecule has 0 spiro atoms. The monoisotopic (exact) mass is 441 g/mol. The second-order valence-electron chi connectivity index (χ2n) is 6.67. The molecular formula is C23H18F3N3O3. The van der Waals surface area contributed by atoms with Gasteiger partial charge in [-0.05, 0) is 35.4 Å². The van der Waals surface area contributed by atoms with E-state index in [1.54, 1.807) is 24.3 Å². The van der Waals surface area contributed by atoms with E-state index >= 15 is 0 Å². The number of carbonyl (C=O) groups excluding carboxylic acids is 3. The third kappa shape index (κ3) is 5.72. The van der Waals surface area contributed by atoms with E-state index in [9.17, 15) is 27.6 Å². The van der Waals surface area contributed by atoms with Crippen LogP contribution >= 0.6 is 0 Å². The molecule has 0 unspecified atom stereocenters. The van der Waals surface area contributed by atoms with Gasteiger partial charge in [0.15, 0.2) is 17.5 Å². The number of hydrogen-bond donors (Lipinski definition) is 3. The number of amides is 3. The Hall–Kier alpha value is -4.14. The maximum absolute atomic E-state index is 13.5. The molecule has 0 aliphatic carbocycles. The van der Waals surface area contributed by atoms with Crippen molar-refractivity contribution in [2.75, 3.05) is 18.4 Å². The lowest BCUT2D eigenvalue weighted by atomic mass is 10.0. The zero-order chi connectivity index (χ0) is 23.1. The first-order valence-electron chi connectivity index (χ1n) is 9.49.